The van der Waals surface area contributed by atoms with Crippen LogP contribution in [0.1, 0.15) is 52.9 Å². The largest absolute Gasteiger partial charge is 0.381 e. The van der Waals surface area contributed by atoms with Gasteiger partial charge in [-0.3, -0.25) is 4.79 Å². The van der Waals surface area contributed by atoms with Crippen LogP contribution in [-0.2, 0) is 9.53 Å². The van der Waals surface area contributed by atoms with Crippen molar-refractivity contribution in [1.82, 2.24) is 4.90 Å². The molecular weight excluding hydrogens is 264 g/mol. The number of ether oxygens (including phenoxy) is 1. The zero-order valence-corrected chi connectivity index (χ0v) is 14.4. The Morgan fingerprint density at radius 2 is 2.10 bits per heavy atom. The lowest BCUT2D eigenvalue weighted by Gasteiger charge is -2.31. The lowest BCUT2D eigenvalue weighted by atomic mass is 9.76. The lowest BCUT2D eigenvalue weighted by molar-refractivity contribution is -0.131. The van der Waals surface area contributed by atoms with E-state index in [1.165, 1.54) is 6.42 Å². The second-order valence-electron chi connectivity index (χ2n) is 7.54. The van der Waals surface area contributed by atoms with Crippen LogP contribution in [0.3, 0.4) is 0 Å². The van der Waals surface area contributed by atoms with E-state index in [2.05, 4.69) is 20.8 Å². The van der Waals surface area contributed by atoms with Crippen LogP contribution in [-0.4, -0.2) is 44.2 Å². The first-order valence-corrected chi connectivity index (χ1v) is 8.36. The average molecular weight is 298 g/mol. The fraction of sp³-hybridized carbons (Fsp3) is 0.941. The van der Waals surface area contributed by atoms with Gasteiger partial charge in [0.05, 0.1) is 6.61 Å². The molecule has 1 rings (SSSR count). The number of nitrogens with two attached hydrogens (primary N) is 1. The number of hydrogen-bond acceptors (Lipinski definition) is 3. The summed E-state index contributed by atoms with van der Waals surface area (Å²) in [6, 6.07) is 0. The molecule has 2 unspecified atom stereocenters. The van der Waals surface area contributed by atoms with E-state index in [-0.39, 0.29) is 11.3 Å². The van der Waals surface area contributed by atoms with E-state index in [0.29, 0.717) is 24.8 Å². The molecule has 2 N–H and O–H groups in total. The third-order valence-corrected chi connectivity index (χ3v) is 4.66. The molecule has 0 saturated carbocycles. The molecule has 1 aliphatic heterocycles. The molecule has 2 atom stereocenters. The van der Waals surface area contributed by atoms with Gasteiger partial charge in [-0.15, -0.1) is 0 Å². The van der Waals surface area contributed by atoms with Gasteiger partial charge in [-0.2, -0.15) is 0 Å². The Balaban J connectivity index is 2.36. The number of carbonyl (C=O) groups is 1. The van der Waals surface area contributed by atoms with Gasteiger partial charge in [0.2, 0.25) is 5.91 Å². The predicted octanol–water partition coefficient (Wildman–Crippen LogP) is 2.66. The van der Waals surface area contributed by atoms with Crippen molar-refractivity contribution in [3.63, 3.8) is 0 Å². The summed E-state index contributed by atoms with van der Waals surface area (Å²) in [5.41, 5.74) is 5.92. The van der Waals surface area contributed by atoms with Crippen molar-refractivity contribution in [3.8, 4) is 0 Å². The molecule has 0 aliphatic carbocycles. The molecule has 1 aliphatic rings. The van der Waals surface area contributed by atoms with Crippen LogP contribution in [0.5, 0.6) is 0 Å². The van der Waals surface area contributed by atoms with Crippen molar-refractivity contribution in [2.75, 3.05) is 33.4 Å². The van der Waals surface area contributed by atoms with E-state index in [1.54, 1.807) is 0 Å². The minimum Gasteiger partial charge on any atom is -0.381 e. The highest BCUT2D eigenvalue weighted by Crippen LogP contribution is 2.32. The summed E-state index contributed by atoms with van der Waals surface area (Å²) in [5.74, 6) is 1.28. The van der Waals surface area contributed by atoms with Crippen molar-refractivity contribution < 1.29 is 9.53 Å². The zero-order chi connectivity index (χ0) is 15.9. The van der Waals surface area contributed by atoms with Gasteiger partial charge in [-0.25, -0.2) is 0 Å². The SMILES string of the molecule is CN(CC1CCCOC1)C(=O)CCC(CCN)C(C)(C)C. The number of nitrogens with zero attached hydrogens (tertiary/aromatic N) is 1. The zero-order valence-electron chi connectivity index (χ0n) is 14.4. The maximum Gasteiger partial charge on any atom is 0.222 e. The van der Waals surface area contributed by atoms with Gasteiger partial charge in [0.25, 0.3) is 0 Å². The van der Waals surface area contributed by atoms with Crippen molar-refractivity contribution in [3.05, 3.63) is 0 Å². The highest BCUT2D eigenvalue weighted by molar-refractivity contribution is 5.75. The number of carbonyl (C=O) groups excluding carboxylic acids is 1. The van der Waals surface area contributed by atoms with E-state index < -0.39 is 0 Å². The van der Waals surface area contributed by atoms with Crippen LogP contribution in [0.15, 0.2) is 0 Å². The molecule has 4 nitrogen and oxygen atoms in total. The third-order valence-electron chi connectivity index (χ3n) is 4.66. The first-order chi connectivity index (χ1) is 9.84. The van der Waals surface area contributed by atoms with Gasteiger partial charge in [0, 0.05) is 26.6 Å². The fourth-order valence-electron chi connectivity index (χ4n) is 3.14. The highest BCUT2D eigenvalue weighted by atomic mass is 16.5. The Morgan fingerprint density at radius 3 is 2.62 bits per heavy atom. The number of hydrogen-bond donors (Lipinski definition) is 1. The normalized spacial score (nSPS) is 21.1. The molecule has 0 bridgehead atoms. The molecule has 1 heterocycles. The minimum atomic E-state index is 0.218. The maximum absolute atomic E-state index is 12.3. The maximum atomic E-state index is 12.3. The van der Waals surface area contributed by atoms with E-state index in [4.69, 9.17) is 10.5 Å². The van der Waals surface area contributed by atoms with Gasteiger partial charge in [0.15, 0.2) is 0 Å². The molecule has 4 heteroatoms. The van der Waals surface area contributed by atoms with E-state index in [1.807, 2.05) is 11.9 Å². The summed E-state index contributed by atoms with van der Waals surface area (Å²) in [6.45, 7) is 9.92. The van der Waals surface area contributed by atoms with Gasteiger partial charge < -0.3 is 15.4 Å². The Labute approximate surface area is 130 Å². The number of amides is 1. The Hall–Kier alpha value is -0.610. The smallest absolute Gasteiger partial charge is 0.222 e. The van der Waals surface area contributed by atoms with Crippen LogP contribution < -0.4 is 5.73 Å². The van der Waals surface area contributed by atoms with Gasteiger partial charge >= 0.3 is 0 Å². The summed E-state index contributed by atoms with van der Waals surface area (Å²) in [5, 5.41) is 0. The summed E-state index contributed by atoms with van der Waals surface area (Å²) in [7, 11) is 1.92. The van der Waals surface area contributed by atoms with Gasteiger partial charge in [-0.1, -0.05) is 20.8 Å². The minimum absolute atomic E-state index is 0.218. The second-order valence-corrected chi connectivity index (χ2v) is 7.54. The molecule has 0 radical (unpaired) electrons. The van der Waals surface area contributed by atoms with Crippen molar-refractivity contribution in [2.45, 2.75) is 52.9 Å². The Bertz CT molecular complexity index is 306. The average Bonchev–Trinajstić information content (AvgIpc) is 2.42. The second kappa shape index (κ2) is 8.74. The van der Waals surface area contributed by atoms with Crippen LogP contribution in [0, 0.1) is 17.3 Å². The molecule has 0 aromatic carbocycles. The summed E-state index contributed by atoms with van der Waals surface area (Å²) in [4.78, 5) is 14.2. The Morgan fingerprint density at radius 1 is 1.38 bits per heavy atom. The molecule has 1 fully saturated rings. The summed E-state index contributed by atoms with van der Waals surface area (Å²) < 4.78 is 5.49. The highest BCUT2D eigenvalue weighted by Gasteiger charge is 2.25. The van der Waals surface area contributed by atoms with E-state index in [0.717, 1.165) is 39.0 Å². The summed E-state index contributed by atoms with van der Waals surface area (Å²) >= 11 is 0. The van der Waals surface area contributed by atoms with E-state index >= 15 is 0 Å². The quantitative estimate of drug-likeness (QED) is 0.786. The van der Waals surface area contributed by atoms with Gasteiger partial charge in [-0.05, 0) is 49.5 Å². The molecule has 1 amide bonds. The molecule has 0 spiro atoms. The monoisotopic (exact) mass is 298 g/mol. The molecule has 0 aromatic rings. The van der Waals surface area contributed by atoms with Crippen molar-refractivity contribution in [1.29, 1.82) is 0 Å². The van der Waals surface area contributed by atoms with Crippen molar-refractivity contribution in [2.24, 2.45) is 23.0 Å². The van der Waals surface area contributed by atoms with Gasteiger partial charge in [0.1, 0.15) is 0 Å². The standard InChI is InChI=1S/C17H34N2O2/c1-17(2,3)15(9-10-18)7-8-16(20)19(4)12-14-6-5-11-21-13-14/h14-15H,5-13,18H2,1-4H3. The lowest BCUT2D eigenvalue weighted by Crippen LogP contribution is -2.35. The molecule has 124 valence electrons. The third kappa shape index (κ3) is 6.79. The topological polar surface area (TPSA) is 55.6 Å². The van der Waals surface area contributed by atoms with Crippen LogP contribution >= 0.6 is 0 Å². The number of rotatable bonds is 7. The predicted molar refractivity (Wildman–Crippen MR) is 87.0 cm³/mol. The fourth-order valence-corrected chi connectivity index (χ4v) is 3.14. The van der Waals surface area contributed by atoms with Crippen LogP contribution in [0.4, 0.5) is 0 Å². The Kier molecular flexibility index (Phi) is 7.67. The first kappa shape index (κ1) is 18.4. The van der Waals surface area contributed by atoms with Crippen molar-refractivity contribution >= 4 is 5.91 Å². The first-order valence-electron chi connectivity index (χ1n) is 8.36. The van der Waals surface area contributed by atoms with Crippen LogP contribution in [0.25, 0.3) is 0 Å². The molecule has 1 saturated heterocycles. The molecule has 21 heavy (non-hydrogen) atoms. The molecular formula is C17H34N2O2. The summed E-state index contributed by atoms with van der Waals surface area (Å²) in [6.07, 6.45) is 4.86. The molecule has 0 aromatic heterocycles. The van der Waals surface area contributed by atoms with E-state index in [9.17, 15) is 4.79 Å². The van der Waals surface area contributed by atoms with Crippen LogP contribution in [0.2, 0.25) is 0 Å².